The van der Waals surface area contributed by atoms with Gasteiger partial charge in [-0.05, 0) is 74.1 Å². The van der Waals surface area contributed by atoms with Gasteiger partial charge in [0.25, 0.3) is 5.91 Å². The van der Waals surface area contributed by atoms with Crippen LogP contribution in [0.2, 0.25) is 0 Å². The van der Waals surface area contributed by atoms with Gasteiger partial charge in [-0.2, -0.15) is 0 Å². The number of alkyl carbamates (subject to hydrolysis) is 1. The Morgan fingerprint density at radius 3 is 2.22 bits per heavy atom. The Balaban J connectivity index is 1.34. The zero-order valence-corrected chi connectivity index (χ0v) is 30.4. The van der Waals surface area contributed by atoms with Crippen LogP contribution in [0.3, 0.4) is 0 Å². The van der Waals surface area contributed by atoms with Crippen molar-refractivity contribution >= 4 is 39.5 Å². The number of sulfonamides is 1. The number of carbonyl (C=O) groups excluding carboxylic acids is 4. The molecule has 0 saturated heterocycles. The highest BCUT2D eigenvalue weighted by molar-refractivity contribution is 7.91. The van der Waals surface area contributed by atoms with Gasteiger partial charge in [-0.3, -0.25) is 19.1 Å². The summed E-state index contributed by atoms with van der Waals surface area (Å²) in [6.45, 7) is 8.99. The van der Waals surface area contributed by atoms with Crippen LogP contribution in [0, 0.1) is 11.3 Å². The second-order valence-electron chi connectivity index (χ2n) is 14.7. The minimum Gasteiger partial charge on any atom is -0.496 e. The molecule has 0 radical (unpaired) electrons. The number of benzene rings is 2. The summed E-state index contributed by atoms with van der Waals surface area (Å²) < 4.78 is 38.4. The molecule has 0 bridgehead atoms. The Kier molecular flexibility index (Phi) is 11.3. The van der Waals surface area contributed by atoms with Gasteiger partial charge in [-0.15, -0.1) is 6.58 Å². The van der Waals surface area contributed by atoms with E-state index >= 15 is 0 Å². The number of nitrogens with one attached hydrogen (secondary N) is 5. The molecule has 51 heavy (non-hydrogen) atoms. The first-order chi connectivity index (χ1) is 24.2. The number of rotatable bonds is 15. The highest BCUT2D eigenvalue weighted by Gasteiger charge is 2.61. The molecule has 4 amide bonds. The fourth-order valence-electron chi connectivity index (χ4n) is 6.34. The Morgan fingerprint density at radius 1 is 0.961 bits per heavy atom. The number of methoxy groups -OCH3 is 1. The van der Waals surface area contributed by atoms with Crippen molar-refractivity contribution in [1.29, 1.82) is 0 Å². The lowest BCUT2D eigenvalue weighted by Crippen LogP contribution is -2.62. The van der Waals surface area contributed by atoms with Gasteiger partial charge in [-0.1, -0.05) is 57.2 Å². The van der Waals surface area contributed by atoms with Crippen molar-refractivity contribution in [2.45, 2.75) is 94.7 Å². The van der Waals surface area contributed by atoms with Gasteiger partial charge in [-0.25, -0.2) is 13.2 Å². The van der Waals surface area contributed by atoms with Gasteiger partial charge in [0, 0.05) is 23.7 Å². The molecule has 5 rings (SSSR count). The van der Waals surface area contributed by atoms with Crippen LogP contribution in [0.15, 0.2) is 61.2 Å². The summed E-state index contributed by atoms with van der Waals surface area (Å²) in [5, 5.41) is 10.7. The van der Waals surface area contributed by atoms with Gasteiger partial charge in [0.05, 0.1) is 12.4 Å². The van der Waals surface area contributed by atoms with Crippen molar-refractivity contribution in [2.24, 2.45) is 11.3 Å². The molecule has 14 heteroatoms. The Bertz CT molecular complexity index is 1730. The number of carbonyl (C=O) groups is 4. The van der Waals surface area contributed by atoms with E-state index in [0.29, 0.717) is 24.3 Å². The highest BCUT2D eigenvalue weighted by Crippen LogP contribution is 2.45. The van der Waals surface area contributed by atoms with Crippen molar-refractivity contribution in [3.8, 4) is 16.9 Å². The van der Waals surface area contributed by atoms with E-state index in [1.807, 2.05) is 48.5 Å². The molecule has 3 aliphatic rings. The molecule has 4 atom stereocenters. The van der Waals surface area contributed by atoms with Crippen LogP contribution in [0.1, 0.15) is 65.7 Å². The lowest BCUT2D eigenvalue weighted by molar-refractivity contribution is -0.133. The van der Waals surface area contributed by atoms with Gasteiger partial charge in [0.15, 0.2) is 0 Å². The Labute approximate surface area is 299 Å². The van der Waals surface area contributed by atoms with E-state index in [1.165, 1.54) is 6.08 Å². The number of hydrogen-bond acceptors (Lipinski definition) is 9. The topological polar surface area (TPSA) is 181 Å². The Hall–Kier alpha value is -4.59. The smallest absolute Gasteiger partial charge is 0.408 e. The van der Waals surface area contributed by atoms with E-state index in [4.69, 9.17) is 9.47 Å². The SMILES string of the molecule is C=C[C@@H]1C[C@]1(NC(=O)[C@H](CNc1ccc(-c2ccccc2OC)cc1)NC(=O)[C@@H](NC(=O)OC1CCCC1)C(C)(C)C)C(=O)NS(=O)(=O)C1CC1. The lowest BCUT2D eigenvalue weighted by Gasteiger charge is -2.32. The average molecular weight is 724 g/mol. The molecule has 3 saturated carbocycles. The summed E-state index contributed by atoms with van der Waals surface area (Å²) in [7, 11) is -2.28. The first-order valence-corrected chi connectivity index (χ1v) is 19.0. The van der Waals surface area contributed by atoms with Crippen molar-refractivity contribution in [3.63, 3.8) is 0 Å². The van der Waals surface area contributed by atoms with E-state index in [2.05, 4.69) is 32.6 Å². The van der Waals surface area contributed by atoms with Crippen LogP contribution in [0.25, 0.3) is 11.1 Å². The molecular formula is C37H49N5O8S. The average Bonchev–Trinajstić information content (AvgIpc) is 4.01. The lowest BCUT2D eigenvalue weighted by atomic mass is 9.86. The van der Waals surface area contributed by atoms with Crippen molar-refractivity contribution in [1.82, 2.24) is 20.7 Å². The van der Waals surface area contributed by atoms with Gasteiger partial charge >= 0.3 is 6.09 Å². The number of hydrogen-bond donors (Lipinski definition) is 5. The van der Waals surface area contributed by atoms with Gasteiger partial charge in [0.1, 0.15) is 29.5 Å². The highest BCUT2D eigenvalue weighted by atomic mass is 32.2. The van der Waals surface area contributed by atoms with Crippen LogP contribution in [0.5, 0.6) is 5.75 Å². The van der Waals surface area contributed by atoms with E-state index in [1.54, 1.807) is 27.9 Å². The molecule has 2 aromatic carbocycles. The summed E-state index contributed by atoms with van der Waals surface area (Å²) in [6, 6.07) is 12.7. The molecule has 276 valence electrons. The fourth-order valence-corrected chi connectivity index (χ4v) is 7.71. The maximum atomic E-state index is 14.0. The third-order valence-electron chi connectivity index (χ3n) is 9.66. The standard InChI is InChI=1S/C37H49N5O8S/c1-6-24-21-37(24,34(45)42-51(47,48)27-19-20-27)41-32(43)29(22-38-25-17-15-23(16-18-25)28-13-9-10-14-30(28)49-5)39-33(44)31(36(2,3)4)40-35(46)50-26-11-7-8-12-26/h6,9-10,13-18,24,26-27,29,31,38H,1,7-8,11-12,19-22H2,2-5H3,(H,39,44)(H,40,46)(H,41,43)(H,42,45)/t24-,29+,31-,37-/m1/s1. The van der Waals surface area contributed by atoms with Crippen LogP contribution < -0.4 is 30.7 Å². The Morgan fingerprint density at radius 2 is 1.63 bits per heavy atom. The zero-order valence-electron chi connectivity index (χ0n) is 29.6. The fraction of sp³-hybridized carbons (Fsp3) is 0.514. The summed E-state index contributed by atoms with van der Waals surface area (Å²) >= 11 is 0. The maximum absolute atomic E-state index is 14.0. The second-order valence-corrected chi connectivity index (χ2v) is 16.6. The molecule has 0 aromatic heterocycles. The summed E-state index contributed by atoms with van der Waals surface area (Å²) in [5.41, 5.74) is 0.126. The molecule has 0 unspecified atom stereocenters. The molecule has 13 nitrogen and oxygen atoms in total. The molecule has 0 spiro atoms. The number of ether oxygens (including phenoxy) is 2. The first-order valence-electron chi connectivity index (χ1n) is 17.4. The van der Waals surface area contributed by atoms with E-state index in [9.17, 15) is 27.6 Å². The maximum Gasteiger partial charge on any atom is 0.408 e. The van der Waals surface area contributed by atoms with Crippen LogP contribution in [-0.4, -0.2) is 74.9 Å². The van der Waals surface area contributed by atoms with Crippen molar-refractivity contribution < 1.29 is 37.1 Å². The molecule has 0 heterocycles. The normalized spacial score (nSPS) is 21.4. The van der Waals surface area contributed by atoms with E-state index in [0.717, 1.165) is 36.8 Å². The van der Waals surface area contributed by atoms with Crippen molar-refractivity contribution in [2.75, 3.05) is 19.0 Å². The molecular weight excluding hydrogens is 675 g/mol. The molecule has 3 aliphatic carbocycles. The quantitative estimate of drug-likeness (QED) is 0.170. The predicted octanol–water partition coefficient (Wildman–Crippen LogP) is 4.01. The third kappa shape index (κ3) is 9.21. The van der Waals surface area contributed by atoms with Crippen LogP contribution in [-0.2, 0) is 29.1 Å². The van der Waals surface area contributed by atoms with Crippen LogP contribution >= 0.6 is 0 Å². The third-order valence-corrected chi connectivity index (χ3v) is 11.5. The van der Waals surface area contributed by atoms with Crippen LogP contribution in [0.4, 0.5) is 10.5 Å². The second kappa shape index (κ2) is 15.3. The largest absolute Gasteiger partial charge is 0.496 e. The minimum absolute atomic E-state index is 0.105. The number of para-hydroxylation sites is 1. The molecule has 0 aliphatic heterocycles. The number of anilines is 1. The van der Waals surface area contributed by atoms with E-state index < -0.39 is 68.0 Å². The number of amides is 4. The molecule has 3 fully saturated rings. The zero-order chi connectivity index (χ0) is 37.0. The predicted molar refractivity (Wildman–Crippen MR) is 193 cm³/mol. The van der Waals surface area contributed by atoms with Gasteiger partial charge < -0.3 is 30.7 Å². The monoisotopic (exact) mass is 723 g/mol. The summed E-state index contributed by atoms with van der Waals surface area (Å²) in [6.07, 6.45) is 5.08. The molecule has 2 aromatic rings. The van der Waals surface area contributed by atoms with Crippen molar-refractivity contribution in [3.05, 3.63) is 61.2 Å². The minimum atomic E-state index is -3.89. The summed E-state index contributed by atoms with van der Waals surface area (Å²) in [5.74, 6) is -2.00. The molecule has 5 N–H and O–H groups in total. The van der Waals surface area contributed by atoms with E-state index in [-0.39, 0.29) is 19.1 Å². The van der Waals surface area contributed by atoms with Gasteiger partial charge in [0.2, 0.25) is 21.8 Å². The first kappa shape index (κ1) is 37.7. The summed E-state index contributed by atoms with van der Waals surface area (Å²) in [4.78, 5) is 54.1.